The van der Waals surface area contributed by atoms with Gasteiger partial charge in [0.15, 0.2) is 0 Å². The number of aliphatic hydroxyl groups is 1. The molecule has 23 heavy (non-hydrogen) atoms. The maximum absolute atomic E-state index is 12.4. The summed E-state index contributed by atoms with van der Waals surface area (Å²) in [5.74, 6) is 0.175. The second-order valence-electron chi connectivity index (χ2n) is 5.70. The van der Waals surface area contributed by atoms with Crippen molar-refractivity contribution in [2.75, 3.05) is 11.9 Å². The highest BCUT2D eigenvalue weighted by Crippen LogP contribution is 2.21. The molecule has 0 unspecified atom stereocenters. The van der Waals surface area contributed by atoms with Gasteiger partial charge in [-0.15, -0.1) is 0 Å². The van der Waals surface area contributed by atoms with Gasteiger partial charge in [-0.2, -0.15) is 9.78 Å². The van der Waals surface area contributed by atoms with Crippen LogP contribution in [0.3, 0.4) is 0 Å². The molecule has 124 valence electrons. The van der Waals surface area contributed by atoms with E-state index in [1.807, 2.05) is 26.8 Å². The molecule has 0 saturated heterocycles. The van der Waals surface area contributed by atoms with Crippen molar-refractivity contribution in [3.05, 3.63) is 50.4 Å². The largest absolute Gasteiger partial charge is 0.394 e. The lowest BCUT2D eigenvalue weighted by Gasteiger charge is -2.21. The van der Waals surface area contributed by atoms with Crippen LogP contribution in [0.25, 0.3) is 5.69 Å². The average molecular weight is 356 g/mol. The Morgan fingerprint density at radius 2 is 2.04 bits per heavy atom. The molecular weight excluding hydrogens is 337 g/mol. The Bertz CT molecular complexity index is 759. The maximum Gasteiger partial charge on any atom is 0.292 e. The van der Waals surface area contributed by atoms with Crippen LogP contribution in [-0.4, -0.2) is 27.5 Å². The summed E-state index contributed by atoms with van der Waals surface area (Å²) in [4.78, 5) is 12.4. The average Bonchev–Trinajstić information content (AvgIpc) is 2.51. The standard InChI is InChI=1S/C16H19Cl2N3O2/c1-9(2)14(8-22)20-13-7-19-21(16(23)15(13)18)11-5-4-10(3)12(17)6-11/h4-7,9,14,20,22H,8H2,1-3H3/t14-/m0/s1. The Hall–Kier alpha value is -1.56. The molecule has 0 aliphatic heterocycles. The summed E-state index contributed by atoms with van der Waals surface area (Å²) in [6, 6.07) is 5.02. The number of halogens is 2. The van der Waals surface area contributed by atoms with Crippen LogP contribution in [-0.2, 0) is 0 Å². The molecule has 2 rings (SSSR count). The predicted molar refractivity (Wildman–Crippen MR) is 93.9 cm³/mol. The van der Waals surface area contributed by atoms with Crippen molar-refractivity contribution in [3.63, 3.8) is 0 Å². The number of aryl methyl sites for hydroxylation is 1. The van der Waals surface area contributed by atoms with E-state index in [9.17, 15) is 9.90 Å². The number of anilines is 1. The fraction of sp³-hybridized carbons (Fsp3) is 0.375. The highest BCUT2D eigenvalue weighted by atomic mass is 35.5. The van der Waals surface area contributed by atoms with Gasteiger partial charge in [0.25, 0.3) is 5.56 Å². The van der Waals surface area contributed by atoms with Crippen LogP contribution < -0.4 is 10.9 Å². The van der Waals surface area contributed by atoms with Crippen LogP contribution in [0.15, 0.2) is 29.2 Å². The number of hydrogen-bond donors (Lipinski definition) is 2. The Labute approximate surface area is 144 Å². The Kier molecular flexibility index (Phi) is 5.68. The van der Waals surface area contributed by atoms with Gasteiger partial charge < -0.3 is 10.4 Å². The normalized spacial score (nSPS) is 12.5. The van der Waals surface area contributed by atoms with Crippen LogP contribution in [0.1, 0.15) is 19.4 Å². The molecule has 2 aromatic rings. The van der Waals surface area contributed by atoms with E-state index in [0.29, 0.717) is 16.4 Å². The second kappa shape index (κ2) is 7.34. The molecule has 7 heteroatoms. The third-order valence-corrected chi connectivity index (χ3v) is 4.43. The number of hydrogen-bond acceptors (Lipinski definition) is 4. The topological polar surface area (TPSA) is 67.2 Å². The van der Waals surface area contributed by atoms with Crippen molar-refractivity contribution < 1.29 is 5.11 Å². The molecule has 0 saturated carbocycles. The zero-order valence-corrected chi connectivity index (χ0v) is 14.7. The lowest BCUT2D eigenvalue weighted by atomic mass is 10.1. The summed E-state index contributed by atoms with van der Waals surface area (Å²) in [5, 5.41) is 17.2. The SMILES string of the molecule is Cc1ccc(-n2ncc(N[C@@H](CO)C(C)C)c(Cl)c2=O)cc1Cl. The Balaban J connectivity index is 2.41. The van der Waals surface area contributed by atoms with E-state index in [2.05, 4.69) is 10.4 Å². The molecule has 5 nitrogen and oxygen atoms in total. The minimum absolute atomic E-state index is 0.0239. The second-order valence-corrected chi connectivity index (χ2v) is 6.49. The minimum Gasteiger partial charge on any atom is -0.394 e. The first kappa shape index (κ1) is 17.8. The van der Waals surface area contributed by atoms with Crippen LogP contribution >= 0.6 is 23.2 Å². The van der Waals surface area contributed by atoms with E-state index in [4.69, 9.17) is 23.2 Å². The van der Waals surface area contributed by atoms with Gasteiger partial charge in [-0.3, -0.25) is 4.79 Å². The lowest BCUT2D eigenvalue weighted by Crippen LogP contribution is -2.31. The minimum atomic E-state index is -0.447. The number of rotatable bonds is 5. The molecule has 1 atom stereocenters. The first-order valence-electron chi connectivity index (χ1n) is 7.27. The summed E-state index contributed by atoms with van der Waals surface area (Å²) in [6.07, 6.45) is 1.47. The van der Waals surface area contributed by atoms with Crippen LogP contribution in [0.5, 0.6) is 0 Å². The molecule has 0 aliphatic rings. The molecule has 0 bridgehead atoms. The molecular formula is C16H19Cl2N3O2. The first-order chi connectivity index (χ1) is 10.8. The third-order valence-electron chi connectivity index (χ3n) is 3.66. The van der Waals surface area contributed by atoms with Gasteiger partial charge in [-0.05, 0) is 30.5 Å². The van der Waals surface area contributed by atoms with Gasteiger partial charge in [0.05, 0.1) is 30.2 Å². The number of aromatic nitrogens is 2. The third kappa shape index (κ3) is 3.86. The summed E-state index contributed by atoms with van der Waals surface area (Å²) in [6.45, 7) is 5.74. The Morgan fingerprint density at radius 1 is 1.35 bits per heavy atom. The summed E-state index contributed by atoms with van der Waals surface area (Å²) < 4.78 is 1.20. The fourth-order valence-electron chi connectivity index (χ4n) is 2.05. The predicted octanol–water partition coefficient (Wildman–Crippen LogP) is 3.28. The number of nitrogens with one attached hydrogen (secondary N) is 1. The molecule has 1 aromatic heterocycles. The maximum atomic E-state index is 12.4. The van der Waals surface area contributed by atoms with Crippen molar-refractivity contribution in [1.82, 2.24) is 9.78 Å². The van der Waals surface area contributed by atoms with E-state index in [0.717, 1.165) is 5.56 Å². The van der Waals surface area contributed by atoms with E-state index in [1.54, 1.807) is 12.1 Å². The summed E-state index contributed by atoms with van der Waals surface area (Å²) >= 11 is 12.3. The number of aliphatic hydroxyl groups excluding tert-OH is 1. The van der Waals surface area contributed by atoms with Crippen LogP contribution in [0.4, 0.5) is 5.69 Å². The van der Waals surface area contributed by atoms with Crippen molar-refractivity contribution in [2.24, 2.45) is 5.92 Å². The molecule has 2 N–H and O–H groups in total. The quantitative estimate of drug-likeness (QED) is 0.863. The van der Waals surface area contributed by atoms with Crippen molar-refractivity contribution in [2.45, 2.75) is 26.8 Å². The number of nitrogens with zero attached hydrogens (tertiary/aromatic N) is 2. The lowest BCUT2D eigenvalue weighted by molar-refractivity contribution is 0.249. The van der Waals surface area contributed by atoms with Crippen LogP contribution in [0.2, 0.25) is 10.0 Å². The number of benzene rings is 1. The summed E-state index contributed by atoms with van der Waals surface area (Å²) in [7, 11) is 0. The molecule has 1 heterocycles. The molecule has 1 aromatic carbocycles. The van der Waals surface area contributed by atoms with Crippen molar-refractivity contribution in [1.29, 1.82) is 0 Å². The first-order valence-corrected chi connectivity index (χ1v) is 8.02. The fourth-order valence-corrected chi connectivity index (χ4v) is 2.41. The van der Waals surface area contributed by atoms with Gasteiger partial charge >= 0.3 is 0 Å². The van der Waals surface area contributed by atoms with Crippen molar-refractivity contribution >= 4 is 28.9 Å². The Morgan fingerprint density at radius 3 is 2.61 bits per heavy atom. The van der Waals surface area contributed by atoms with Gasteiger partial charge in [-0.25, -0.2) is 0 Å². The molecule has 0 aliphatic carbocycles. The molecule has 0 radical (unpaired) electrons. The van der Waals surface area contributed by atoms with Gasteiger partial charge in [-0.1, -0.05) is 43.1 Å². The summed E-state index contributed by atoms with van der Waals surface area (Å²) in [5.41, 5.74) is 1.41. The highest BCUT2D eigenvalue weighted by Gasteiger charge is 2.17. The molecule has 0 amide bonds. The zero-order valence-electron chi connectivity index (χ0n) is 13.2. The smallest absolute Gasteiger partial charge is 0.292 e. The van der Waals surface area contributed by atoms with Gasteiger partial charge in [0.2, 0.25) is 0 Å². The molecule has 0 spiro atoms. The van der Waals surface area contributed by atoms with E-state index in [1.165, 1.54) is 10.9 Å². The van der Waals surface area contributed by atoms with Crippen LogP contribution in [0, 0.1) is 12.8 Å². The van der Waals surface area contributed by atoms with Crippen molar-refractivity contribution in [3.8, 4) is 5.69 Å². The van der Waals surface area contributed by atoms with Gasteiger partial charge in [0, 0.05) is 5.02 Å². The highest BCUT2D eigenvalue weighted by molar-refractivity contribution is 6.33. The van der Waals surface area contributed by atoms with E-state index < -0.39 is 5.56 Å². The monoisotopic (exact) mass is 355 g/mol. The van der Waals surface area contributed by atoms with E-state index in [-0.39, 0.29) is 23.6 Å². The zero-order chi connectivity index (χ0) is 17.1. The molecule has 0 fully saturated rings. The van der Waals surface area contributed by atoms with E-state index >= 15 is 0 Å². The van der Waals surface area contributed by atoms with Gasteiger partial charge in [0.1, 0.15) is 5.02 Å².